The number of carbonyl (C=O) groups is 23. The van der Waals surface area contributed by atoms with Crippen LogP contribution < -0.4 is 21.3 Å². The lowest BCUT2D eigenvalue weighted by atomic mass is 9.85. The third-order valence-corrected chi connectivity index (χ3v) is 20.9. The normalized spacial score (nSPS) is 16.3. The number of hydrogen-bond donors (Lipinski definition) is 4. The Kier molecular flexibility index (Phi) is 56.1. The van der Waals surface area contributed by atoms with Gasteiger partial charge in [-0.15, -0.1) is 0 Å². The van der Waals surface area contributed by atoms with Crippen molar-refractivity contribution in [2.24, 2.45) is 11.3 Å². The van der Waals surface area contributed by atoms with Gasteiger partial charge in [-0.3, -0.25) is 130 Å². The van der Waals surface area contributed by atoms with Crippen LogP contribution in [0.4, 0.5) is 0 Å². The Morgan fingerprint density at radius 2 is 0.746 bits per heavy atom. The maximum Gasteiger partial charge on any atom is 0.323 e. The van der Waals surface area contributed by atoms with Crippen LogP contribution in [0.15, 0.2) is 24.3 Å². The van der Waals surface area contributed by atoms with E-state index in [2.05, 4.69) is 21.3 Å². The molecule has 4 N–H and O–H groups in total. The first-order valence-corrected chi connectivity index (χ1v) is 43.8. The van der Waals surface area contributed by atoms with E-state index in [4.69, 9.17) is 90.0 Å². The number of benzene rings is 1. The highest BCUT2D eigenvalue weighted by Crippen LogP contribution is 2.29. The number of methoxy groups -OCH3 is 3. The SMILES string of the molecule is CCC(OC(C)=O)C(OC(C)=O)C(OC(C)=O)C(OC(C)=O)C(=O)NCC(CNC(=O)c1cccc(CN2CCN(C(CCCOC=O)COC=O)CCN(C(CCCOC=O)C(=O)OC)CCN(C(CCC(=O)OC)C(=O)OC)CC2)c1)(CNC(=O)C(C)C(OC(C)=O)C(OC(C)=O)C(COC(C)=O)OC(C)=O)CNC(=O)C(OC(C)=O)C(OC(C)=O)C(OC(C)=O)C(COC(C)=O)OC(C)=O. The summed E-state index contributed by atoms with van der Waals surface area (Å²) >= 11 is 0. The molecule has 2 rings (SSSR count). The van der Waals surface area contributed by atoms with Crippen molar-refractivity contribution in [3.05, 3.63) is 35.4 Å². The van der Waals surface area contributed by atoms with Gasteiger partial charge in [-0.1, -0.05) is 19.1 Å². The number of rotatable bonds is 60. The minimum atomic E-state index is -2.62. The molecule has 1 fully saturated rings. The highest BCUT2D eigenvalue weighted by Gasteiger charge is 2.51. The molecule has 50 heteroatoms. The third kappa shape index (κ3) is 45.7. The van der Waals surface area contributed by atoms with Crippen molar-refractivity contribution in [3.63, 3.8) is 0 Å². The molecule has 774 valence electrons. The molecule has 50 nitrogen and oxygen atoms in total. The second kappa shape index (κ2) is 64.1. The average molecular weight is 1970 g/mol. The Hall–Kier alpha value is -13.1. The van der Waals surface area contributed by atoms with E-state index in [9.17, 15) is 91.1 Å². The molecule has 0 radical (unpaired) electrons. The van der Waals surface area contributed by atoms with Crippen LogP contribution in [0.25, 0.3) is 0 Å². The molecule has 138 heavy (non-hydrogen) atoms. The van der Waals surface area contributed by atoms with Crippen LogP contribution >= 0.6 is 0 Å². The van der Waals surface area contributed by atoms with Gasteiger partial charge in [0.05, 0.1) is 40.5 Å². The molecular formula is C88H130N8O42. The Morgan fingerprint density at radius 3 is 1.15 bits per heavy atom. The van der Waals surface area contributed by atoms with Crippen molar-refractivity contribution >= 4 is 139 Å². The van der Waals surface area contributed by atoms with E-state index in [1.807, 2.05) is 14.7 Å². The van der Waals surface area contributed by atoms with E-state index in [1.165, 1.54) is 32.2 Å². The fourth-order valence-electron chi connectivity index (χ4n) is 14.7. The number of nitrogens with zero attached hydrogens (tertiary/aromatic N) is 4. The van der Waals surface area contributed by atoms with Gasteiger partial charge >= 0.3 is 95.5 Å². The van der Waals surface area contributed by atoms with Gasteiger partial charge in [0.25, 0.3) is 37.1 Å². The van der Waals surface area contributed by atoms with Crippen molar-refractivity contribution in [1.82, 2.24) is 40.9 Å². The van der Waals surface area contributed by atoms with Gasteiger partial charge in [-0.25, -0.2) is 0 Å². The predicted molar refractivity (Wildman–Crippen MR) is 465 cm³/mol. The summed E-state index contributed by atoms with van der Waals surface area (Å²) < 4.78 is 102. The van der Waals surface area contributed by atoms with Crippen molar-refractivity contribution in [2.45, 2.75) is 241 Å². The van der Waals surface area contributed by atoms with Crippen LogP contribution in [0.2, 0.25) is 0 Å². The van der Waals surface area contributed by atoms with Gasteiger partial charge in [-0.2, -0.15) is 0 Å². The molecule has 1 aliphatic heterocycles. The van der Waals surface area contributed by atoms with E-state index in [1.54, 1.807) is 11.0 Å². The van der Waals surface area contributed by atoms with Crippen molar-refractivity contribution in [1.29, 1.82) is 0 Å². The van der Waals surface area contributed by atoms with Crippen LogP contribution in [-0.4, -0.2) is 376 Å². The highest BCUT2D eigenvalue weighted by molar-refractivity contribution is 5.94. The van der Waals surface area contributed by atoms with Gasteiger partial charge in [0.15, 0.2) is 48.8 Å². The Balaban J connectivity index is 3.54. The standard InChI is InChI=1S/C88H130N8O42/c1-19-70(128-54(5)102)75(132-58(9)106)78(135-61(12)109)80(137-63(14)111)84(116)91-46-88(44-89-82(114)51(2)74(131-57(8)105)76(133-59(10)107)71(129-55(6)103)42-126-52(3)100,47-92-85(117)81(138-64(15)112)79(136-62(13)110)77(134-60(11)108)72(130-56(7)104)43-127-53(4)101)45-90-83(115)66-24-20-23-65(39-66)40-93-29-31-94(67(41-125-50-99)25-21-37-123-48-97)33-34-96(68(86(118)121-17)26-22-38-124-49-98)36-35-95(32-30-93)69(87(119)122-18)27-28-73(113)120-16/h20,23-24,39,48-51,67-72,74-81H,19,21-22,25-38,40-47H2,1-18H3,(H,89,114)(H,90,115)(H,91,116)(H,92,117). The van der Waals surface area contributed by atoms with E-state index >= 15 is 19.2 Å². The lowest BCUT2D eigenvalue weighted by molar-refractivity contribution is -0.203. The number of hydrogen-bond acceptors (Lipinski definition) is 46. The number of carbonyl (C=O) groups excluding carboxylic acids is 23. The van der Waals surface area contributed by atoms with E-state index in [0.717, 1.165) is 111 Å². The zero-order valence-corrected chi connectivity index (χ0v) is 80.8. The molecule has 1 aliphatic rings. The summed E-state index contributed by atoms with van der Waals surface area (Å²) in [5.74, 6) is -24.6. The predicted octanol–water partition coefficient (Wildman–Crippen LogP) is -1.62. The zero-order chi connectivity index (χ0) is 104. The van der Waals surface area contributed by atoms with Gasteiger partial charge in [0.2, 0.25) is 18.1 Å². The monoisotopic (exact) mass is 1970 g/mol. The van der Waals surface area contributed by atoms with Crippen molar-refractivity contribution < 1.29 is 200 Å². The minimum Gasteiger partial charge on any atom is -0.469 e. The van der Waals surface area contributed by atoms with E-state index < -0.39 is 255 Å². The number of esters is 16. The summed E-state index contributed by atoms with van der Waals surface area (Å²) in [6, 6.07) is 3.08. The largest absolute Gasteiger partial charge is 0.469 e. The highest BCUT2D eigenvalue weighted by atomic mass is 16.7. The molecular weight excluding hydrogens is 1840 g/mol. The lowest BCUT2D eigenvalue weighted by Gasteiger charge is -2.40. The van der Waals surface area contributed by atoms with Crippen LogP contribution in [-0.2, 0) is 202 Å². The van der Waals surface area contributed by atoms with Gasteiger partial charge in [0.1, 0.15) is 38.0 Å². The first-order chi connectivity index (χ1) is 65.1. The molecule has 4 amide bonds. The van der Waals surface area contributed by atoms with Crippen LogP contribution in [0.5, 0.6) is 0 Å². The average Bonchev–Trinajstić information content (AvgIpc) is 0.809. The minimum absolute atomic E-state index is 0.00564. The molecule has 16 unspecified atom stereocenters. The van der Waals surface area contributed by atoms with Gasteiger partial charge in [-0.05, 0) is 63.1 Å². The summed E-state index contributed by atoms with van der Waals surface area (Å²) in [5, 5.41) is 10.3. The Bertz CT molecular complexity index is 4260. The number of nitrogens with one attached hydrogen (secondary N) is 4. The molecule has 0 aromatic heterocycles. The topological polar surface area (TPSA) is 629 Å². The summed E-state index contributed by atoms with van der Waals surface area (Å²) in [5.41, 5.74) is -2.26. The van der Waals surface area contributed by atoms with Gasteiger partial charge < -0.3 is 111 Å². The molecule has 1 saturated heterocycles. The maximum absolute atomic E-state index is 15.7. The molecule has 1 aromatic carbocycles. The van der Waals surface area contributed by atoms with Crippen LogP contribution in [0.1, 0.15) is 165 Å². The third-order valence-electron chi connectivity index (χ3n) is 20.9. The second-order valence-corrected chi connectivity index (χ2v) is 31.7. The molecule has 0 bridgehead atoms. The second-order valence-electron chi connectivity index (χ2n) is 31.7. The number of amides is 4. The fraction of sp³-hybridized carbons (Fsp3) is 0.670. The van der Waals surface area contributed by atoms with Crippen LogP contribution in [0.3, 0.4) is 0 Å². The van der Waals surface area contributed by atoms with E-state index in [-0.39, 0.29) is 149 Å². The smallest absolute Gasteiger partial charge is 0.323 e. The molecule has 1 aromatic rings. The first kappa shape index (κ1) is 121. The quantitative estimate of drug-likeness (QED) is 0.0246. The summed E-state index contributed by atoms with van der Waals surface area (Å²) in [6.07, 6.45) is -23.6. The van der Waals surface area contributed by atoms with Gasteiger partial charge in [0, 0.05) is 199 Å². The first-order valence-electron chi connectivity index (χ1n) is 43.8. The summed E-state index contributed by atoms with van der Waals surface area (Å²) in [4.78, 5) is 314. The van der Waals surface area contributed by atoms with Crippen molar-refractivity contribution in [2.75, 3.05) is 133 Å². The van der Waals surface area contributed by atoms with Crippen LogP contribution in [0, 0.1) is 11.3 Å². The lowest BCUT2D eigenvalue weighted by Crippen LogP contribution is -2.62. The fourth-order valence-corrected chi connectivity index (χ4v) is 14.7. The zero-order valence-electron chi connectivity index (χ0n) is 80.8. The van der Waals surface area contributed by atoms with Crippen molar-refractivity contribution in [3.8, 4) is 0 Å². The molecule has 0 aliphatic carbocycles. The maximum atomic E-state index is 15.7. The molecule has 0 spiro atoms. The Labute approximate surface area is 796 Å². The Morgan fingerprint density at radius 1 is 0.384 bits per heavy atom. The molecule has 0 saturated carbocycles. The molecule has 1 heterocycles. The summed E-state index contributed by atoms with van der Waals surface area (Å²) in [7, 11) is 3.50. The molecule has 16 atom stereocenters. The van der Waals surface area contributed by atoms with E-state index in [0.29, 0.717) is 5.56 Å². The number of ether oxygens (including phenoxy) is 19. The summed E-state index contributed by atoms with van der Waals surface area (Å²) in [6.45, 7) is 8.22.